The van der Waals surface area contributed by atoms with Crippen molar-refractivity contribution in [2.24, 2.45) is 0 Å². The van der Waals surface area contributed by atoms with Gasteiger partial charge in [0.25, 0.3) is 11.8 Å². The number of amides is 2. The Kier molecular flexibility index (Phi) is 7.53. The first-order valence-electron chi connectivity index (χ1n) is 12.4. The third-order valence-electron chi connectivity index (χ3n) is 6.59. The predicted molar refractivity (Wildman–Crippen MR) is 135 cm³/mol. The number of halogens is 3. The maximum absolute atomic E-state index is 14.2. The molecule has 2 aliphatic rings. The van der Waals surface area contributed by atoms with E-state index < -0.39 is 41.2 Å². The van der Waals surface area contributed by atoms with Gasteiger partial charge < -0.3 is 20.6 Å². The van der Waals surface area contributed by atoms with Crippen molar-refractivity contribution in [2.45, 2.75) is 89.7 Å². The van der Waals surface area contributed by atoms with Gasteiger partial charge in [-0.3, -0.25) is 9.59 Å². The van der Waals surface area contributed by atoms with E-state index >= 15 is 0 Å². The number of rotatable bonds is 5. The van der Waals surface area contributed by atoms with Crippen molar-refractivity contribution in [3.8, 4) is 10.4 Å². The summed E-state index contributed by atoms with van der Waals surface area (Å²) in [6, 6.07) is 0.362. The van der Waals surface area contributed by atoms with E-state index in [1.807, 2.05) is 6.92 Å². The number of carbonyl (C=O) groups excluding carboxylic acids is 2. The van der Waals surface area contributed by atoms with Crippen molar-refractivity contribution in [3.63, 3.8) is 0 Å². The molecular weight excluding hydrogens is 507 g/mol. The minimum Gasteiger partial charge on any atom is -0.391 e. The Morgan fingerprint density at radius 3 is 2.46 bits per heavy atom. The largest absolute Gasteiger partial charge is 0.417 e. The van der Waals surface area contributed by atoms with Crippen LogP contribution in [-0.2, 0) is 6.18 Å². The average Bonchev–Trinajstić information content (AvgIpc) is 3.52. The first-order chi connectivity index (χ1) is 17.2. The summed E-state index contributed by atoms with van der Waals surface area (Å²) in [5.41, 5.74) is -2.00. The second-order valence-corrected chi connectivity index (χ2v) is 11.8. The zero-order valence-electron chi connectivity index (χ0n) is 21.3. The van der Waals surface area contributed by atoms with Gasteiger partial charge in [0.1, 0.15) is 11.5 Å². The summed E-state index contributed by atoms with van der Waals surface area (Å²) in [5, 5.41) is 15.6. The number of thiazole rings is 1. The van der Waals surface area contributed by atoms with Crippen LogP contribution in [0.5, 0.6) is 0 Å². The highest BCUT2D eigenvalue weighted by Crippen LogP contribution is 2.42. The molecule has 2 aromatic heterocycles. The topological polar surface area (TPSA) is 107 Å². The van der Waals surface area contributed by atoms with Gasteiger partial charge in [-0.15, -0.1) is 11.3 Å². The predicted octanol–water partition coefficient (Wildman–Crippen LogP) is 4.70. The van der Waals surface area contributed by atoms with Gasteiger partial charge in [-0.05, 0) is 65.9 Å². The summed E-state index contributed by atoms with van der Waals surface area (Å²) in [4.78, 5) is 36.5. The van der Waals surface area contributed by atoms with Crippen LogP contribution in [-0.4, -0.2) is 62.1 Å². The standard InChI is InChI=1S/C25H32F3N5O3S/c1-13-7-6-10-33(13)23(36)19-20(37-22(31-19)21(35)30-16-8-5-9-17(16)34)14-12-29-18(32-24(2,3)4)11-15(14)25(26,27)28/h11-13,16-17,34H,5-10H2,1-4H3,(H,29,32)(H,30,35)/t13-,16-,17-/m0/s1. The third kappa shape index (κ3) is 6.06. The van der Waals surface area contributed by atoms with Crippen LogP contribution in [0.1, 0.15) is 85.7 Å². The SMILES string of the molecule is C[C@H]1CCCN1C(=O)c1nc(C(=O)N[C@H]2CCC[C@@H]2O)sc1-c1cnc(NC(C)(C)C)cc1C(F)(F)F. The zero-order chi connectivity index (χ0) is 27.1. The molecule has 4 rings (SSSR count). The molecule has 0 radical (unpaired) electrons. The molecule has 0 aromatic carbocycles. The van der Waals surface area contributed by atoms with E-state index in [0.29, 0.717) is 19.4 Å². The van der Waals surface area contributed by atoms with Gasteiger partial charge in [0.2, 0.25) is 0 Å². The maximum Gasteiger partial charge on any atom is 0.417 e. The van der Waals surface area contributed by atoms with E-state index in [2.05, 4.69) is 20.6 Å². The molecule has 3 heterocycles. The molecule has 0 unspecified atom stereocenters. The first kappa shape index (κ1) is 27.3. The Hall–Kier alpha value is -2.73. The van der Waals surface area contributed by atoms with Crippen LogP contribution in [0.2, 0.25) is 0 Å². The molecule has 0 spiro atoms. The number of likely N-dealkylation sites (tertiary alicyclic amines) is 1. The van der Waals surface area contributed by atoms with Crippen molar-refractivity contribution in [1.29, 1.82) is 0 Å². The first-order valence-corrected chi connectivity index (χ1v) is 13.2. The number of carbonyl (C=O) groups is 2. The Labute approximate surface area is 217 Å². The number of hydrogen-bond acceptors (Lipinski definition) is 7. The van der Waals surface area contributed by atoms with E-state index in [0.717, 1.165) is 42.9 Å². The number of aliphatic hydroxyl groups is 1. The molecule has 1 saturated heterocycles. The molecule has 2 amide bonds. The highest BCUT2D eigenvalue weighted by Gasteiger charge is 2.39. The van der Waals surface area contributed by atoms with Crippen molar-refractivity contribution < 1.29 is 27.9 Å². The molecule has 1 saturated carbocycles. The molecule has 3 atom stereocenters. The Bertz CT molecular complexity index is 1180. The number of anilines is 1. The molecule has 12 heteroatoms. The number of hydrogen-bond donors (Lipinski definition) is 3. The highest BCUT2D eigenvalue weighted by molar-refractivity contribution is 7.17. The highest BCUT2D eigenvalue weighted by atomic mass is 32.1. The number of aliphatic hydroxyl groups excluding tert-OH is 1. The summed E-state index contributed by atoms with van der Waals surface area (Å²) >= 11 is 0.730. The van der Waals surface area contributed by atoms with E-state index in [9.17, 15) is 27.9 Å². The summed E-state index contributed by atoms with van der Waals surface area (Å²) in [6.45, 7) is 7.75. The van der Waals surface area contributed by atoms with Gasteiger partial charge in [-0.2, -0.15) is 13.2 Å². The van der Waals surface area contributed by atoms with Crippen LogP contribution < -0.4 is 10.6 Å². The number of nitrogens with zero attached hydrogens (tertiary/aromatic N) is 3. The molecule has 3 N–H and O–H groups in total. The van der Waals surface area contributed by atoms with Crippen LogP contribution in [0, 0.1) is 0 Å². The van der Waals surface area contributed by atoms with Crippen LogP contribution in [0.3, 0.4) is 0 Å². The number of nitrogens with one attached hydrogen (secondary N) is 2. The zero-order valence-corrected chi connectivity index (χ0v) is 22.1. The fourth-order valence-electron chi connectivity index (χ4n) is 4.78. The lowest BCUT2D eigenvalue weighted by Crippen LogP contribution is -2.40. The molecule has 1 aliphatic heterocycles. The van der Waals surface area contributed by atoms with Gasteiger partial charge in [0.15, 0.2) is 5.01 Å². The number of aromatic nitrogens is 2. The Morgan fingerprint density at radius 2 is 1.89 bits per heavy atom. The van der Waals surface area contributed by atoms with E-state index in [4.69, 9.17) is 0 Å². The lowest BCUT2D eigenvalue weighted by Gasteiger charge is -2.23. The average molecular weight is 540 g/mol. The fraction of sp³-hybridized carbons (Fsp3) is 0.600. The van der Waals surface area contributed by atoms with Gasteiger partial charge in [0.05, 0.1) is 22.6 Å². The molecule has 1 aliphatic carbocycles. The summed E-state index contributed by atoms with van der Waals surface area (Å²) in [6.07, 6.45) is -0.902. The lowest BCUT2D eigenvalue weighted by molar-refractivity contribution is -0.137. The van der Waals surface area contributed by atoms with Crippen LogP contribution in [0.15, 0.2) is 12.3 Å². The van der Waals surface area contributed by atoms with Gasteiger partial charge in [0, 0.05) is 29.9 Å². The van der Waals surface area contributed by atoms with Crippen LogP contribution >= 0.6 is 11.3 Å². The van der Waals surface area contributed by atoms with Crippen molar-refractivity contribution >= 4 is 29.0 Å². The summed E-state index contributed by atoms with van der Waals surface area (Å²) in [7, 11) is 0. The second kappa shape index (κ2) is 10.2. The minimum atomic E-state index is -4.74. The van der Waals surface area contributed by atoms with Crippen molar-refractivity contribution in [3.05, 3.63) is 28.5 Å². The fourth-order valence-corrected chi connectivity index (χ4v) is 5.76. The number of pyridine rings is 1. The number of alkyl halides is 3. The molecule has 8 nitrogen and oxygen atoms in total. The normalized spacial score (nSPS) is 22.4. The maximum atomic E-state index is 14.2. The van der Waals surface area contributed by atoms with E-state index in [1.54, 1.807) is 25.7 Å². The van der Waals surface area contributed by atoms with Crippen LogP contribution in [0.25, 0.3) is 10.4 Å². The van der Waals surface area contributed by atoms with Crippen molar-refractivity contribution in [2.75, 3.05) is 11.9 Å². The quantitative estimate of drug-likeness (QED) is 0.509. The van der Waals surface area contributed by atoms with E-state index in [-0.39, 0.29) is 33.0 Å². The molecular formula is C25H32F3N5O3S. The third-order valence-corrected chi connectivity index (χ3v) is 7.68. The van der Waals surface area contributed by atoms with Crippen molar-refractivity contribution in [1.82, 2.24) is 20.2 Å². The monoisotopic (exact) mass is 539 g/mol. The molecule has 0 bridgehead atoms. The second-order valence-electron chi connectivity index (χ2n) is 10.8. The molecule has 2 aromatic rings. The lowest BCUT2D eigenvalue weighted by atomic mass is 10.1. The summed E-state index contributed by atoms with van der Waals surface area (Å²) < 4.78 is 42.7. The summed E-state index contributed by atoms with van der Waals surface area (Å²) in [5.74, 6) is -1.10. The Morgan fingerprint density at radius 1 is 1.16 bits per heavy atom. The van der Waals surface area contributed by atoms with E-state index in [1.165, 1.54) is 0 Å². The van der Waals surface area contributed by atoms with Gasteiger partial charge in [-0.25, -0.2) is 9.97 Å². The van der Waals surface area contributed by atoms with Gasteiger partial charge in [-0.1, -0.05) is 0 Å². The molecule has 2 fully saturated rings. The molecule has 202 valence electrons. The Balaban J connectivity index is 1.80. The van der Waals surface area contributed by atoms with Crippen LogP contribution in [0.4, 0.5) is 19.0 Å². The minimum absolute atomic E-state index is 0.0438. The van der Waals surface area contributed by atoms with Gasteiger partial charge >= 0.3 is 6.18 Å². The molecule has 37 heavy (non-hydrogen) atoms. The smallest absolute Gasteiger partial charge is 0.391 e.